The van der Waals surface area contributed by atoms with Crippen LogP contribution in [-0.4, -0.2) is 102 Å². The van der Waals surface area contributed by atoms with Crippen molar-refractivity contribution in [2.45, 2.75) is 226 Å². The Labute approximate surface area is 622 Å². The smallest absolute Gasteiger partial charge is 0.179 e. The number of aliphatic hydroxyl groups excluding tert-OH is 4. The molecular formula is C88H112O12S4. The van der Waals surface area contributed by atoms with Crippen molar-refractivity contribution in [2.24, 2.45) is 21.7 Å². The van der Waals surface area contributed by atoms with Crippen molar-refractivity contribution in [1.29, 1.82) is 0 Å². The van der Waals surface area contributed by atoms with Crippen LogP contribution < -0.4 is 0 Å². The Balaban J connectivity index is 0.000000161. The van der Waals surface area contributed by atoms with Gasteiger partial charge in [0.2, 0.25) is 0 Å². The summed E-state index contributed by atoms with van der Waals surface area (Å²) in [5.41, 5.74) is 4.24. The zero-order valence-corrected chi connectivity index (χ0v) is 65.5. The number of sulfone groups is 4. The minimum atomic E-state index is -3.46. The van der Waals surface area contributed by atoms with Gasteiger partial charge in [-0.05, 0) is 120 Å². The average Bonchev–Trinajstić information content (AvgIpc) is 1.62. The Bertz CT molecular complexity index is 3960. The third-order valence-corrected chi connectivity index (χ3v) is 31.6. The highest BCUT2D eigenvalue weighted by Crippen LogP contribution is 2.53. The lowest BCUT2D eigenvalue weighted by Gasteiger charge is -2.39. The van der Waals surface area contributed by atoms with Crippen molar-refractivity contribution < 1.29 is 54.1 Å². The number of rotatable bonds is 20. The van der Waals surface area contributed by atoms with Crippen molar-refractivity contribution in [3.8, 4) is 0 Å². The van der Waals surface area contributed by atoms with E-state index in [1.54, 1.807) is 48.5 Å². The first-order chi connectivity index (χ1) is 49.8. The van der Waals surface area contributed by atoms with E-state index in [-0.39, 0.29) is 46.7 Å². The quantitative estimate of drug-likeness (QED) is 0.0560. The van der Waals surface area contributed by atoms with Gasteiger partial charge in [0, 0.05) is 45.3 Å². The molecule has 0 bridgehead atoms. The van der Waals surface area contributed by atoms with Gasteiger partial charge in [-0.25, -0.2) is 33.7 Å². The molecule has 12 nitrogen and oxygen atoms in total. The number of hydrogen-bond donors (Lipinski definition) is 4. The van der Waals surface area contributed by atoms with E-state index in [4.69, 9.17) is 0 Å². The minimum Gasteiger partial charge on any atom is -0.392 e. The highest BCUT2D eigenvalue weighted by Gasteiger charge is 2.53. The highest BCUT2D eigenvalue weighted by atomic mass is 32.2. The molecule has 4 aliphatic rings. The molecule has 12 atom stereocenters. The summed E-state index contributed by atoms with van der Waals surface area (Å²) in [6.45, 7) is 16.4. The lowest BCUT2D eigenvalue weighted by Crippen LogP contribution is -2.42. The van der Waals surface area contributed by atoms with Gasteiger partial charge in [0.05, 0.1) is 67.0 Å². The molecule has 0 unspecified atom stereocenters. The van der Waals surface area contributed by atoms with Crippen LogP contribution in [0.25, 0.3) is 0 Å². The molecular weight excluding hydrogens is 1380 g/mol. The molecule has 0 saturated carbocycles. The van der Waals surface area contributed by atoms with Crippen LogP contribution in [0.4, 0.5) is 0 Å². The molecule has 104 heavy (non-hydrogen) atoms. The number of fused-ring (bicyclic) bond motifs is 4. The first kappa shape index (κ1) is 81.5. The standard InChI is InChI=1S/4C22H28O3S/c4*1-3-5-15-22(4-2)16-26(24,25)19-14-10-9-13-18(19)20(21(22)23)17-11-7-6-8-12-17/h4*6-14,20-21,23H,3-5,15-16H2,1-2H3/t20-,21+,22+;20-,21+,22-;20-,21-,22+;20-,21-,22-/m0101/s1. The lowest BCUT2D eigenvalue weighted by atomic mass is 9.69. The predicted octanol–water partition coefficient (Wildman–Crippen LogP) is 18.2. The third kappa shape index (κ3) is 17.3. The monoisotopic (exact) mass is 1490 g/mol. The van der Waals surface area contributed by atoms with E-state index in [0.29, 0.717) is 45.3 Å². The Morgan fingerprint density at radius 1 is 0.260 bits per heavy atom. The molecule has 4 N–H and O–H groups in total. The number of unbranched alkanes of at least 4 members (excludes halogenated alkanes) is 4. The van der Waals surface area contributed by atoms with Crippen LogP contribution in [0.3, 0.4) is 0 Å². The van der Waals surface area contributed by atoms with E-state index >= 15 is 0 Å². The molecule has 4 aliphatic heterocycles. The maximum atomic E-state index is 13.2. The summed E-state index contributed by atoms with van der Waals surface area (Å²) in [5.74, 6) is -1.28. The number of benzene rings is 8. The zero-order chi connectivity index (χ0) is 75.1. The summed E-state index contributed by atoms with van der Waals surface area (Å²) >= 11 is 0. The predicted molar refractivity (Wildman–Crippen MR) is 420 cm³/mol. The topological polar surface area (TPSA) is 217 Å². The zero-order valence-electron chi connectivity index (χ0n) is 62.2. The van der Waals surface area contributed by atoms with Gasteiger partial charge < -0.3 is 20.4 Å². The molecule has 0 aromatic heterocycles. The summed E-state index contributed by atoms with van der Waals surface area (Å²) in [7, 11) is -13.8. The first-order valence-corrected chi connectivity index (χ1v) is 44.6. The molecule has 0 spiro atoms. The molecule has 0 aliphatic carbocycles. The Kier molecular flexibility index (Phi) is 27.7. The fourth-order valence-corrected chi connectivity index (χ4v) is 26.5. The Hall–Kier alpha value is -6.60. The van der Waals surface area contributed by atoms with Crippen molar-refractivity contribution in [3.63, 3.8) is 0 Å². The van der Waals surface area contributed by atoms with Gasteiger partial charge in [-0.2, -0.15) is 0 Å². The Morgan fingerprint density at radius 3 is 0.587 bits per heavy atom. The highest BCUT2D eigenvalue weighted by molar-refractivity contribution is 7.92. The molecule has 0 saturated heterocycles. The van der Waals surface area contributed by atoms with Crippen LogP contribution in [0.5, 0.6) is 0 Å². The minimum absolute atomic E-state index is 0.0119. The first-order valence-electron chi connectivity index (χ1n) is 38.0. The molecule has 0 amide bonds. The van der Waals surface area contributed by atoms with Gasteiger partial charge in [-0.15, -0.1) is 0 Å². The number of hydrogen-bond acceptors (Lipinski definition) is 12. The molecule has 560 valence electrons. The maximum Gasteiger partial charge on any atom is 0.179 e. The van der Waals surface area contributed by atoms with Crippen molar-refractivity contribution in [3.05, 3.63) is 263 Å². The second-order valence-corrected chi connectivity index (χ2v) is 37.6. The van der Waals surface area contributed by atoms with Crippen LogP contribution in [0.15, 0.2) is 238 Å². The van der Waals surface area contributed by atoms with E-state index in [0.717, 1.165) is 122 Å². The van der Waals surface area contributed by atoms with Crippen molar-refractivity contribution in [2.75, 3.05) is 23.0 Å². The molecule has 16 heteroatoms. The van der Waals surface area contributed by atoms with Crippen LogP contribution in [0.1, 0.15) is 226 Å². The van der Waals surface area contributed by atoms with Crippen molar-refractivity contribution in [1.82, 2.24) is 0 Å². The molecule has 8 aromatic rings. The van der Waals surface area contributed by atoms with Crippen LogP contribution in [0.2, 0.25) is 0 Å². The van der Waals surface area contributed by atoms with Gasteiger partial charge in [0.15, 0.2) is 39.3 Å². The molecule has 4 heterocycles. The van der Waals surface area contributed by atoms with E-state index in [1.807, 2.05) is 198 Å². The third-order valence-electron chi connectivity index (χ3n) is 23.6. The maximum absolute atomic E-state index is 13.2. The number of aliphatic hydroxyl groups is 4. The van der Waals surface area contributed by atoms with Crippen LogP contribution in [-0.2, 0) is 39.3 Å². The van der Waals surface area contributed by atoms with E-state index in [2.05, 4.69) is 27.7 Å². The van der Waals surface area contributed by atoms with Gasteiger partial charge >= 0.3 is 0 Å². The SMILES string of the molecule is CCCC[C@]1(CC)CS(=O)(=O)c2ccccc2[C@@H](c2ccccc2)[C@@H]1O.CCCC[C@]1(CC)CS(=O)(=O)c2ccccc2[C@@H](c2ccccc2)[C@H]1O.CCCC[C@]1(CC)CS(=O)(=O)c2ccccc2[C@H](c2ccccc2)[C@@H]1O.CCCC[C@]1(CC)CS(=O)(=O)c2ccccc2[C@H](c2ccccc2)[C@H]1O. The molecule has 0 fully saturated rings. The van der Waals surface area contributed by atoms with Gasteiger partial charge in [0.1, 0.15) is 0 Å². The second-order valence-electron chi connectivity index (χ2n) is 29.8. The summed E-state index contributed by atoms with van der Waals surface area (Å²) in [6, 6.07) is 68.0. The largest absolute Gasteiger partial charge is 0.392 e. The van der Waals surface area contributed by atoms with Gasteiger partial charge in [-0.1, -0.05) is 301 Å². The summed E-state index contributed by atoms with van der Waals surface area (Å²) < 4.78 is 106. The lowest BCUT2D eigenvalue weighted by molar-refractivity contribution is 0.0173. The summed E-state index contributed by atoms with van der Waals surface area (Å²) in [4.78, 5) is 1.50. The molecule has 12 rings (SSSR count). The average molecular weight is 1490 g/mol. The summed E-state index contributed by atoms with van der Waals surface area (Å²) in [6.07, 6.45) is 10.1. The summed E-state index contributed by atoms with van der Waals surface area (Å²) in [5, 5.41) is 46.2. The van der Waals surface area contributed by atoms with E-state index in [1.165, 1.54) is 0 Å². The van der Waals surface area contributed by atoms with E-state index < -0.39 is 85.4 Å². The molecule has 8 aromatic carbocycles. The van der Waals surface area contributed by atoms with Crippen molar-refractivity contribution >= 4 is 39.3 Å². The van der Waals surface area contributed by atoms with Gasteiger partial charge in [0.25, 0.3) is 0 Å². The normalized spacial score (nSPS) is 27.5. The molecule has 0 radical (unpaired) electrons. The fraction of sp³-hybridized carbons (Fsp3) is 0.455. The Morgan fingerprint density at radius 2 is 0.423 bits per heavy atom. The second kappa shape index (κ2) is 35.4. The fourth-order valence-electron chi connectivity index (χ4n) is 17.4. The van der Waals surface area contributed by atoms with Crippen LogP contribution in [0, 0.1) is 21.7 Å². The van der Waals surface area contributed by atoms with E-state index in [9.17, 15) is 54.1 Å². The van der Waals surface area contributed by atoms with Gasteiger partial charge in [-0.3, -0.25) is 0 Å². The van der Waals surface area contributed by atoms with Crippen LogP contribution >= 0.6 is 0 Å².